The highest BCUT2D eigenvalue weighted by atomic mass is 35.5. The highest BCUT2D eigenvalue weighted by Gasteiger charge is 2.08. The Morgan fingerprint density at radius 1 is 1.14 bits per heavy atom. The standard InChI is InChI=1S/C9H7Cl2NO2/c1-5(13)12-9(14)6-2-7(10)4-8(11)3-6/h2-4H,1H3,(H,12,13,14). The fourth-order valence-electron chi connectivity index (χ4n) is 0.917. The average Bonchev–Trinajstić information content (AvgIpc) is 2.00. The molecule has 0 bridgehead atoms. The Labute approximate surface area is 91.0 Å². The molecule has 5 heteroatoms. The van der Waals surface area contributed by atoms with Gasteiger partial charge in [0.1, 0.15) is 0 Å². The molecule has 0 aliphatic carbocycles. The highest BCUT2D eigenvalue weighted by molar-refractivity contribution is 6.35. The number of imide groups is 1. The number of halogens is 2. The molecule has 0 unspecified atom stereocenters. The summed E-state index contributed by atoms with van der Waals surface area (Å²) in [5, 5.41) is 2.82. The van der Waals surface area contributed by atoms with Crippen molar-refractivity contribution < 1.29 is 9.59 Å². The van der Waals surface area contributed by atoms with Gasteiger partial charge in [-0.2, -0.15) is 0 Å². The lowest BCUT2D eigenvalue weighted by atomic mass is 10.2. The molecule has 0 saturated carbocycles. The molecule has 0 atom stereocenters. The zero-order valence-corrected chi connectivity index (χ0v) is 8.82. The van der Waals surface area contributed by atoms with Crippen LogP contribution in [0.4, 0.5) is 0 Å². The van der Waals surface area contributed by atoms with E-state index in [1.807, 2.05) is 0 Å². The molecule has 0 spiro atoms. The lowest BCUT2D eigenvalue weighted by Crippen LogP contribution is -2.27. The number of amides is 2. The van der Waals surface area contributed by atoms with Gasteiger partial charge in [0, 0.05) is 22.5 Å². The van der Waals surface area contributed by atoms with E-state index in [4.69, 9.17) is 23.2 Å². The molecular weight excluding hydrogens is 225 g/mol. The Morgan fingerprint density at radius 2 is 1.64 bits per heavy atom. The molecule has 14 heavy (non-hydrogen) atoms. The van der Waals surface area contributed by atoms with Crippen molar-refractivity contribution in [3.63, 3.8) is 0 Å². The zero-order chi connectivity index (χ0) is 10.7. The van der Waals surface area contributed by atoms with Crippen molar-refractivity contribution in [3.05, 3.63) is 33.8 Å². The van der Waals surface area contributed by atoms with Crippen LogP contribution in [0, 0.1) is 0 Å². The van der Waals surface area contributed by atoms with Gasteiger partial charge < -0.3 is 0 Å². The molecule has 0 aliphatic heterocycles. The molecule has 0 aromatic heterocycles. The minimum Gasteiger partial charge on any atom is -0.293 e. The summed E-state index contributed by atoms with van der Waals surface area (Å²) in [6.07, 6.45) is 0. The Morgan fingerprint density at radius 3 is 2.07 bits per heavy atom. The van der Waals surface area contributed by atoms with E-state index in [1.165, 1.54) is 25.1 Å². The Hall–Kier alpha value is -1.06. The molecule has 0 fully saturated rings. The average molecular weight is 232 g/mol. The fraction of sp³-hybridized carbons (Fsp3) is 0.111. The lowest BCUT2D eigenvalue weighted by molar-refractivity contribution is -0.118. The second-order valence-electron chi connectivity index (χ2n) is 2.67. The van der Waals surface area contributed by atoms with E-state index in [9.17, 15) is 9.59 Å². The number of carbonyl (C=O) groups excluding carboxylic acids is 2. The maximum Gasteiger partial charge on any atom is 0.257 e. The molecule has 1 aromatic carbocycles. The smallest absolute Gasteiger partial charge is 0.257 e. The zero-order valence-electron chi connectivity index (χ0n) is 7.30. The van der Waals surface area contributed by atoms with Crippen LogP contribution in [-0.4, -0.2) is 11.8 Å². The molecule has 1 rings (SSSR count). The van der Waals surface area contributed by atoms with Crippen LogP contribution in [0.3, 0.4) is 0 Å². The molecule has 0 aliphatic rings. The molecule has 74 valence electrons. The molecule has 2 amide bonds. The van der Waals surface area contributed by atoms with Gasteiger partial charge in [0.05, 0.1) is 0 Å². The van der Waals surface area contributed by atoms with Crippen molar-refractivity contribution in [3.8, 4) is 0 Å². The summed E-state index contributed by atoms with van der Waals surface area (Å²) in [5.74, 6) is -0.937. The van der Waals surface area contributed by atoms with Gasteiger partial charge in [-0.15, -0.1) is 0 Å². The first-order valence-corrected chi connectivity index (χ1v) is 4.52. The van der Waals surface area contributed by atoms with Crippen molar-refractivity contribution in [1.82, 2.24) is 5.32 Å². The molecule has 3 nitrogen and oxygen atoms in total. The van der Waals surface area contributed by atoms with Crippen LogP contribution in [0.1, 0.15) is 17.3 Å². The number of benzene rings is 1. The van der Waals surface area contributed by atoms with E-state index in [0.29, 0.717) is 10.0 Å². The first kappa shape index (κ1) is 11.0. The summed E-state index contributed by atoms with van der Waals surface area (Å²) in [5.41, 5.74) is 0.262. The third-order valence-corrected chi connectivity index (χ3v) is 1.85. The van der Waals surface area contributed by atoms with E-state index in [0.717, 1.165) is 0 Å². The maximum absolute atomic E-state index is 11.3. The van der Waals surface area contributed by atoms with Crippen LogP contribution in [0.5, 0.6) is 0 Å². The predicted molar refractivity (Wildman–Crippen MR) is 54.6 cm³/mol. The maximum atomic E-state index is 11.3. The van der Waals surface area contributed by atoms with E-state index in [-0.39, 0.29) is 5.56 Å². The molecule has 0 radical (unpaired) electrons. The van der Waals surface area contributed by atoms with Crippen LogP contribution in [0.15, 0.2) is 18.2 Å². The van der Waals surface area contributed by atoms with Crippen molar-refractivity contribution in [2.24, 2.45) is 0 Å². The predicted octanol–water partition coefficient (Wildman–Crippen LogP) is 2.27. The van der Waals surface area contributed by atoms with Crippen LogP contribution >= 0.6 is 23.2 Å². The summed E-state index contributed by atoms with van der Waals surface area (Å²) in [6.45, 7) is 1.25. The van der Waals surface area contributed by atoms with Gasteiger partial charge in [-0.1, -0.05) is 23.2 Å². The topological polar surface area (TPSA) is 46.2 Å². The number of nitrogens with one attached hydrogen (secondary N) is 1. The lowest BCUT2D eigenvalue weighted by Gasteiger charge is -2.02. The van der Waals surface area contributed by atoms with Crippen LogP contribution in [0.25, 0.3) is 0 Å². The van der Waals surface area contributed by atoms with Crippen molar-refractivity contribution in [2.75, 3.05) is 0 Å². The van der Waals surface area contributed by atoms with Crippen LogP contribution in [-0.2, 0) is 4.79 Å². The first-order chi connectivity index (χ1) is 6.49. The fourth-order valence-corrected chi connectivity index (χ4v) is 1.44. The second-order valence-corrected chi connectivity index (χ2v) is 3.54. The Balaban J connectivity index is 2.95. The quantitative estimate of drug-likeness (QED) is 0.807. The second kappa shape index (κ2) is 4.44. The van der Waals surface area contributed by atoms with Gasteiger partial charge >= 0.3 is 0 Å². The van der Waals surface area contributed by atoms with Crippen molar-refractivity contribution >= 4 is 35.0 Å². The number of carbonyl (C=O) groups is 2. The summed E-state index contributed by atoms with van der Waals surface area (Å²) < 4.78 is 0. The van der Waals surface area contributed by atoms with Crippen molar-refractivity contribution in [1.29, 1.82) is 0 Å². The normalized spacial score (nSPS) is 9.64. The van der Waals surface area contributed by atoms with Crippen LogP contribution in [0.2, 0.25) is 10.0 Å². The van der Waals surface area contributed by atoms with Gasteiger partial charge in [0.15, 0.2) is 0 Å². The van der Waals surface area contributed by atoms with E-state index >= 15 is 0 Å². The molecular formula is C9H7Cl2NO2. The van der Waals surface area contributed by atoms with E-state index in [1.54, 1.807) is 0 Å². The SMILES string of the molecule is CC(=O)NC(=O)c1cc(Cl)cc(Cl)c1. The molecule has 0 heterocycles. The number of hydrogen-bond acceptors (Lipinski definition) is 2. The minimum atomic E-state index is -0.512. The first-order valence-electron chi connectivity index (χ1n) is 3.77. The number of hydrogen-bond donors (Lipinski definition) is 1. The summed E-state index contributed by atoms with van der Waals surface area (Å²) >= 11 is 11.4. The van der Waals surface area contributed by atoms with Gasteiger partial charge in [-0.05, 0) is 18.2 Å². The number of rotatable bonds is 1. The van der Waals surface area contributed by atoms with Gasteiger partial charge in [-0.25, -0.2) is 0 Å². The monoisotopic (exact) mass is 231 g/mol. The summed E-state index contributed by atoms with van der Waals surface area (Å²) in [7, 11) is 0. The summed E-state index contributed by atoms with van der Waals surface area (Å²) in [6, 6.07) is 4.38. The van der Waals surface area contributed by atoms with Gasteiger partial charge in [0.25, 0.3) is 5.91 Å². The highest BCUT2D eigenvalue weighted by Crippen LogP contribution is 2.18. The minimum absolute atomic E-state index is 0.262. The van der Waals surface area contributed by atoms with E-state index < -0.39 is 11.8 Å². The summed E-state index contributed by atoms with van der Waals surface area (Å²) in [4.78, 5) is 21.9. The molecule has 1 aromatic rings. The third kappa shape index (κ3) is 3.01. The Kier molecular flexibility index (Phi) is 3.49. The van der Waals surface area contributed by atoms with Gasteiger partial charge in [-0.3, -0.25) is 14.9 Å². The largest absolute Gasteiger partial charge is 0.293 e. The molecule has 1 N–H and O–H groups in total. The molecule has 0 saturated heterocycles. The van der Waals surface area contributed by atoms with Crippen molar-refractivity contribution in [2.45, 2.75) is 6.92 Å². The van der Waals surface area contributed by atoms with Crippen LogP contribution < -0.4 is 5.32 Å². The third-order valence-electron chi connectivity index (χ3n) is 1.41. The van der Waals surface area contributed by atoms with E-state index in [2.05, 4.69) is 5.32 Å². The Bertz CT molecular complexity index is 370. The van der Waals surface area contributed by atoms with Gasteiger partial charge in [0.2, 0.25) is 5.91 Å².